The van der Waals surface area contributed by atoms with E-state index in [2.05, 4.69) is 18.7 Å². The number of halogens is 2. The van der Waals surface area contributed by atoms with Crippen LogP contribution in [0, 0.1) is 11.2 Å². The van der Waals surface area contributed by atoms with Crippen molar-refractivity contribution in [2.45, 2.75) is 20.4 Å². The Labute approximate surface area is 108 Å². The molecule has 0 fully saturated rings. The molecule has 0 aliphatic heterocycles. The summed E-state index contributed by atoms with van der Waals surface area (Å²) in [5.41, 5.74) is 6.70. The van der Waals surface area contributed by atoms with Crippen molar-refractivity contribution < 1.29 is 4.39 Å². The average Bonchev–Trinajstić information content (AvgIpc) is 2.21. The highest BCUT2D eigenvalue weighted by Gasteiger charge is 2.18. The Bertz CT molecular complexity index is 380. The van der Waals surface area contributed by atoms with Crippen molar-refractivity contribution in [3.05, 3.63) is 34.6 Å². The third kappa shape index (κ3) is 4.62. The second-order valence-corrected chi connectivity index (χ2v) is 5.68. The lowest BCUT2D eigenvalue weighted by atomic mass is 9.93. The van der Waals surface area contributed by atoms with Crippen molar-refractivity contribution in [3.63, 3.8) is 0 Å². The third-order valence-corrected chi connectivity index (χ3v) is 3.06. The zero-order chi connectivity index (χ0) is 13.1. The van der Waals surface area contributed by atoms with Gasteiger partial charge in [-0.05, 0) is 36.7 Å². The summed E-state index contributed by atoms with van der Waals surface area (Å²) >= 11 is 5.99. The van der Waals surface area contributed by atoms with Crippen molar-refractivity contribution in [3.8, 4) is 0 Å². The second kappa shape index (κ2) is 5.80. The largest absolute Gasteiger partial charge is 0.330 e. The summed E-state index contributed by atoms with van der Waals surface area (Å²) in [6.07, 6.45) is 0. The molecule has 17 heavy (non-hydrogen) atoms. The van der Waals surface area contributed by atoms with E-state index in [0.29, 0.717) is 18.1 Å². The molecule has 0 heterocycles. The van der Waals surface area contributed by atoms with Crippen LogP contribution >= 0.6 is 11.6 Å². The van der Waals surface area contributed by atoms with Crippen molar-refractivity contribution in [2.75, 3.05) is 20.1 Å². The van der Waals surface area contributed by atoms with Gasteiger partial charge in [-0.1, -0.05) is 31.5 Å². The SMILES string of the molecule is CN(Cc1ccc(F)cc1Cl)CC(C)(C)CN. The normalized spacial score (nSPS) is 12.2. The molecule has 1 rings (SSSR count). The molecule has 0 amide bonds. The molecule has 2 N–H and O–H groups in total. The Morgan fingerprint density at radius 1 is 1.41 bits per heavy atom. The van der Waals surface area contributed by atoms with E-state index in [9.17, 15) is 4.39 Å². The summed E-state index contributed by atoms with van der Waals surface area (Å²) in [5.74, 6) is -0.302. The van der Waals surface area contributed by atoms with E-state index in [0.717, 1.165) is 12.1 Å². The lowest BCUT2D eigenvalue weighted by molar-refractivity contribution is 0.210. The molecule has 96 valence electrons. The van der Waals surface area contributed by atoms with E-state index >= 15 is 0 Å². The van der Waals surface area contributed by atoms with Gasteiger partial charge in [0.15, 0.2) is 0 Å². The van der Waals surface area contributed by atoms with Crippen LogP contribution in [0.5, 0.6) is 0 Å². The van der Waals surface area contributed by atoms with Gasteiger partial charge in [0.05, 0.1) is 0 Å². The number of nitrogens with two attached hydrogens (primary N) is 1. The standard InChI is InChI=1S/C13H20ClFN2/c1-13(2,8-16)9-17(3)7-10-4-5-11(15)6-12(10)14/h4-6H,7-9,16H2,1-3H3. The Kier molecular flexibility index (Phi) is 4.92. The minimum atomic E-state index is -0.302. The first-order chi connectivity index (χ1) is 7.84. The minimum absolute atomic E-state index is 0.0707. The molecule has 1 aromatic rings. The molecule has 0 aliphatic carbocycles. The molecule has 0 atom stereocenters. The smallest absolute Gasteiger partial charge is 0.124 e. The summed E-state index contributed by atoms with van der Waals surface area (Å²) in [7, 11) is 2.01. The highest BCUT2D eigenvalue weighted by atomic mass is 35.5. The van der Waals surface area contributed by atoms with Gasteiger partial charge >= 0.3 is 0 Å². The molecule has 0 aliphatic rings. The highest BCUT2D eigenvalue weighted by Crippen LogP contribution is 2.20. The highest BCUT2D eigenvalue weighted by molar-refractivity contribution is 6.31. The zero-order valence-electron chi connectivity index (χ0n) is 10.6. The quantitative estimate of drug-likeness (QED) is 0.880. The summed E-state index contributed by atoms with van der Waals surface area (Å²) in [4.78, 5) is 2.14. The van der Waals surface area contributed by atoms with Crippen molar-refractivity contribution >= 4 is 11.6 Å². The predicted octanol–water partition coefficient (Wildman–Crippen LogP) is 2.90. The molecular formula is C13H20ClFN2. The maximum atomic E-state index is 12.9. The molecule has 2 nitrogen and oxygen atoms in total. The Morgan fingerprint density at radius 2 is 2.06 bits per heavy atom. The van der Waals surface area contributed by atoms with Crippen molar-refractivity contribution in [2.24, 2.45) is 11.1 Å². The van der Waals surface area contributed by atoms with Gasteiger partial charge < -0.3 is 10.6 Å². The zero-order valence-corrected chi connectivity index (χ0v) is 11.4. The Hall–Kier alpha value is -0.640. The molecule has 0 spiro atoms. The van der Waals surface area contributed by atoms with Gasteiger partial charge in [0.25, 0.3) is 0 Å². The first-order valence-corrected chi connectivity index (χ1v) is 6.04. The first-order valence-electron chi connectivity index (χ1n) is 5.66. The molecule has 1 aromatic carbocycles. The fraction of sp³-hybridized carbons (Fsp3) is 0.538. The lowest BCUT2D eigenvalue weighted by Gasteiger charge is -2.29. The molecule has 0 aromatic heterocycles. The number of hydrogen-bond donors (Lipinski definition) is 1. The van der Waals surface area contributed by atoms with E-state index < -0.39 is 0 Å². The lowest BCUT2D eigenvalue weighted by Crippen LogP contribution is -2.36. The fourth-order valence-electron chi connectivity index (χ4n) is 1.79. The summed E-state index contributed by atoms with van der Waals surface area (Å²) in [6, 6.07) is 4.51. The molecule has 0 bridgehead atoms. The minimum Gasteiger partial charge on any atom is -0.330 e. The van der Waals surface area contributed by atoms with Gasteiger partial charge in [-0.25, -0.2) is 4.39 Å². The number of hydrogen-bond acceptors (Lipinski definition) is 2. The molecule has 0 saturated heterocycles. The van der Waals surface area contributed by atoms with Crippen LogP contribution < -0.4 is 5.73 Å². The van der Waals surface area contributed by atoms with Crippen LogP contribution in [0.15, 0.2) is 18.2 Å². The summed E-state index contributed by atoms with van der Waals surface area (Å²) in [6.45, 7) is 6.44. The van der Waals surface area contributed by atoms with E-state index in [-0.39, 0.29) is 11.2 Å². The van der Waals surface area contributed by atoms with Gasteiger partial charge in [-0.3, -0.25) is 0 Å². The molecule has 0 radical (unpaired) electrons. The van der Waals surface area contributed by atoms with Gasteiger partial charge in [-0.2, -0.15) is 0 Å². The van der Waals surface area contributed by atoms with E-state index in [1.165, 1.54) is 12.1 Å². The van der Waals surface area contributed by atoms with Crippen molar-refractivity contribution in [1.82, 2.24) is 4.90 Å². The van der Waals surface area contributed by atoms with Crippen LogP contribution in [0.1, 0.15) is 19.4 Å². The van der Waals surface area contributed by atoms with Gasteiger partial charge in [0.1, 0.15) is 5.82 Å². The first kappa shape index (κ1) is 14.4. The molecule has 0 saturated carbocycles. The van der Waals surface area contributed by atoms with E-state index in [1.54, 1.807) is 6.07 Å². The average molecular weight is 259 g/mol. The van der Waals surface area contributed by atoms with Gasteiger partial charge in [0.2, 0.25) is 0 Å². The number of nitrogens with zero attached hydrogens (tertiary/aromatic N) is 1. The van der Waals surface area contributed by atoms with Crippen LogP contribution in [-0.2, 0) is 6.54 Å². The van der Waals surface area contributed by atoms with Gasteiger partial charge in [-0.15, -0.1) is 0 Å². The maximum absolute atomic E-state index is 12.9. The van der Waals surface area contributed by atoms with Gasteiger partial charge in [0, 0.05) is 18.1 Å². The number of rotatable bonds is 5. The monoisotopic (exact) mass is 258 g/mol. The van der Waals surface area contributed by atoms with Crippen LogP contribution in [0.25, 0.3) is 0 Å². The predicted molar refractivity (Wildman–Crippen MR) is 70.6 cm³/mol. The van der Waals surface area contributed by atoms with Crippen molar-refractivity contribution in [1.29, 1.82) is 0 Å². The second-order valence-electron chi connectivity index (χ2n) is 5.28. The molecular weight excluding hydrogens is 239 g/mol. The third-order valence-electron chi connectivity index (χ3n) is 2.71. The Balaban J connectivity index is 2.65. The maximum Gasteiger partial charge on any atom is 0.124 e. The Morgan fingerprint density at radius 3 is 2.59 bits per heavy atom. The molecule has 0 unspecified atom stereocenters. The van der Waals surface area contributed by atoms with Crippen LogP contribution in [0.4, 0.5) is 4.39 Å². The summed E-state index contributed by atoms with van der Waals surface area (Å²) in [5, 5.41) is 0.474. The van der Waals surface area contributed by atoms with E-state index in [4.69, 9.17) is 17.3 Å². The van der Waals surface area contributed by atoms with Crippen LogP contribution in [-0.4, -0.2) is 25.0 Å². The topological polar surface area (TPSA) is 29.3 Å². The van der Waals surface area contributed by atoms with Crippen LogP contribution in [0.3, 0.4) is 0 Å². The fourth-order valence-corrected chi connectivity index (χ4v) is 2.02. The van der Waals surface area contributed by atoms with Crippen LogP contribution in [0.2, 0.25) is 5.02 Å². The molecule has 4 heteroatoms. The number of benzene rings is 1. The summed E-state index contributed by atoms with van der Waals surface area (Å²) < 4.78 is 12.9. The van der Waals surface area contributed by atoms with E-state index in [1.807, 2.05) is 7.05 Å².